The van der Waals surface area contributed by atoms with Crippen molar-refractivity contribution in [2.24, 2.45) is 0 Å². The monoisotopic (exact) mass is 184 g/mol. The number of hydrogen-bond acceptors (Lipinski definition) is 1. The van der Waals surface area contributed by atoms with Gasteiger partial charge < -0.3 is 0 Å². The van der Waals surface area contributed by atoms with Crippen molar-refractivity contribution in [1.82, 2.24) is 10.2 Å². The summed E-state index contributed by atoms with van der Waals surface area (Å²) in [4.78, 5) is 0. The first-order valence-corrected chi connectivity index (χ1v) is 4.96. The molecule has 0 radical (unpaired) electrons. The first-order chi connectivity index (χ1) is 5.83. The lowest BCUT2D eigenvalue weighted by molar-refractivity contribution is 0.944. The van der Waals surface area contributed by atoms with Crippen molar-refractivity contribution >= 4 is 11.6 Å². The Balaban J connectivity index is 2.26. The molecule has 1 aliphatic rings. The Labute approximate surface area is 77.3 Å². The predicted molar refractivity (Wildman–Crippen MR) is 49.7 cm³/mol. The van der Waals surface area contributed by atoms with Gasteiger partial charge >= 0.3 is 0 Å². The van der Waals surface area contributed by atoms with Crippen molar-refractivity contribution in [1.29, 1.82) is 0 Å². The molecule has 0 spiro atoms. The van der Waals surface area contributed by atoms with E-state index in [1.54, 1.807) is 0 Å². The van der Waals surface area contributed by atoms with Crippen molar-refractivity contribution in [2.45, 2.75) is 32.1 Å². The Morgan fingerprint density at radius 1 is 1.58 bits per heavy atom. The number of H-pyrrole nitrogens is 1. The molecule has 3 heteroatoms. The summed E-state index contributed by atoms with van der Waals surface area (Å²) in [6.07, 6.45) is 3.56. The molecule has 1 N–H and O–H groups in total. The normalized spacial score (nSPS) is 16.8. The summed E-state index contributed by atoms with van der Waals surface area (Å²) in [6.45, 7) is 2.07. The van der Waals surface area contributed by atoms with Gasteiger partial charge in [-0.2, -0.15) is 5.10 Å². The van der Waals surface area contributed by atoms with E-state index in [0.29, 0.717) is 5.88 Å². The number of nitrogens with zero attached hydrogens (tertiary/aromatic N) is 1. The molecular weight excluding hydrogens is 172 g/mol. The number of halogens is 1. The highest BCUT2D eigenvalue weighted by molar-refractivity contribution is 6.18. The maximum Gasteiger partial charge on any atom is 0.0688 e. The van der Waals surface area contributed by atoms with Crippen molar-refractivity contribution in [3.05, 3.63) is 17.0 Å². The molecule has 0 aliphatic heterocycles. The summed E-state index contributed by atoms with van der Waals surface area (Å²) in [6, 6.07) is 0. The van der Waals surface area contributed by atoms with Crippen LogP contribution in [-0.2, 0) is 6.42 Å². The minimum atomic E-state index is 0.695. The first kappa shape index (κ1) is 8.11. The third-order valence-corrected chi connectivity index (χ3v) is 2.60. The predicted octanol–water partition coefficient (Wildman–Crippen LogP) is 2.38. The molecule has 0 aromatic carbocycles. The van der Waals surface area contributed by atoms with Crippen LogP contribution in [-0.4, -0.2) is 16.1 Å². The molecule has 1 aromatic heterocycles. The average Bonchev–Trinajstić information content (AvgIpc) is 2.82. The second kappa shape index (κ2) is 3.09. The Kier molecular flexibility index (Phi) is 2.09. The molecule has 1 fully saturated rings. The van der Waals surface area contributed by atoms with Crippen LogP contribution in [0.25, 0.3) is 0 Å². The maximum atomic E-state index is 5.72. The van der Waals surface area contributed by atoms with Gasteiger partial charge in [0.25, 0.3) is 0 Å². The highest BCUT2D eigenvalue weighted by Crippen LogP contribution is 2.41. The van der Waals surface area contributed by atoms with Crippen molar-refractivity contribution in [3.8, 4) is 0 Å². The van der Waals surface area contributed by atoms with Gasteiger partial charge in [-0.05, 0) is 31.7 Å². The van der Waals surface area contributed by atoms with Crippen LogP contribution in [0.2, 0.25) is 0 Å². The second-order valence-corrected chi connectivity index (χ2v) is 3.80. The zero-order valence-electron chi connectivity index (χ0n) is 7.23. The van der Waals surface area contributed by atoms with Crippen LogP contribution in [0.15, 0.2) is 0 Å². The third-order valence-electron chi connectivity index (χ3n) is 2.41. The SMILES string of the molecule is Cc1[nH]nc(C2CC2)c1CCCl. The molecule has 0 bridgehead atoms. The summed E-state index contributed by atoms with van der Waals surface area (Å²) in [7, 11) is 0. The number of hydrogen-bond donors (Lipinski definition) is 1. The quantitative estimate of drug-likeness (QED) is 0.718. The third kappa shape index (κ3) is 1.36. The van der Waals surface area contributed by atoms with Gasteiger partial charge in [0.1, 0.15) is 0 Å². The number of alkyl halides is 1. The highest BCUT2D eigenvalue weighted by atomic mass is 35.5. The lowest BCUT2D eigenvalue weighted by Gasteiger charge is -1.98. The molecule has 0 unspecified atom stereocenters. The summed E-state index contributed by atoms with van der Waals surface area (Å²) < 4.78 is 0. The summed E-state index contributed by atoms with van der Waals surface area (Å²) in [5, 5.41) is 7.35. The van der Waals surface area contributed by atoms with Crippen LogP contribution in [0.1, 0.15) is 35.7 Å². The van der Waals surface area contributed by atoms with Gasteiger partial charge in [0.15, 0.2) is 0 Å². The van der Waals surface area contributed by atoms with E-state index >= 15 is 0 Å². The molecule has 1 aromatic rings. The molecule has 1 aliphatic carbocycles. The van der Waals surface area contributed by atoms with Gasteiger partial charge in [0, 0.05) is 17.5 Å². The molecule has 2 rings (SSSR count). The standard InChI is InChI=1S/C9H13ClN2/c1-6-8(4-5-10)9(12-11-6)7-2-3-7/h7H,2-5H2,1H3,(H,11,12). The molecule has 0 saturated heterocycles. The number of aromatic nitrogens is 2. The van der Waals surface area contributed by atoms with Crippen molar-refractivity contribution in [2.75, 3.05) is 5.88 Å². The van der Waals surface area contributed by atoms with E-state index in [0.717, 1.165) is 12.3 Å². The van der Waals surface area contributed by atoms with Gasteiger partial charge in [-0.1, -0.05) is 0 Å². The zero-order chi connectivity index (χ0) is 8.55. The fourth-order valence-corrected chi connectivity index (χ4v) is 1.76. The molecule has 1 heterocycles. The van der Waals surface area contributed by atoms with Crippen molar-refractivity contribution < 1.29 is 0 Å². The Morgan fingerprint density at radius 3 is 2.92 bits per heavy atom. The molecule has 0 amide bonds. The van der Waals surface area contributed by atoms with E-state index in [2.05, 4.69) is 17.1 Å². The smallest absolute Gasteiger partial charge is 0.0688 e. The Morgan fingerprint density at radius 2 is 2.33 bits per heavy atom. The fourth-order valence-electron chi connectivity index (χ4n) is 1.58. The number of nitrogens with one attached hydrogen (secondary N) is 1. The van der Waals surface area contributed by atoms with Crippen LogP contribution >= 0.6 is 11.6 Å². The number of aryl methyl sites for hydroxylation is 1. The van der Waals surface area contributed by atoms with E-state index in [4.69, 9.17) is 11.6 Å². The molecule has 12 heavy (non-hydrogen) atoms. The summed E-state index contributed by atoms with van der Waals surface area (Å²) in [5.41, 5.74) is 3.82. The minimum absolute atomic E-state index is 0.695. The van der Waals surface area contributed by atoms with Crippen LogP contribution in [0.5, 0.6) is 0 Å². The highest BCUT2D eigenvalue weighted by Gasteiger charge is 2.28. The lowest BCUT2D eigenvalue weighted by atomic mass is 10.1. The fraction of sp³-hybridized carbons (Fsp3) is 0.667. The largest absolute Gasteiger partial charge is 0.282 e. The topological polar surface area (TPSA) is 28.7 Å². The molecule has 66 valence electrons. The minimum Gasteiger partial charge on any atom is -0.282 e. The summed E-state index contributed by atoms with van der Waals surface area (Å²) in [5.74, 6) is 1.42. The number of aromatic amines is 1. The van der Waals surface area contributed by atoms with Gasteiger partial charge in [0.2, 0.25) is 0 Å². The zero-order valence-corrected chi connectivity index (χ0v) is 7.99. The number of rotatable bonds is 3. The maximum absolute atomic E-state index is 5.72. The van der Waals surface area contributed by atoms with Gasteiger partial charge in [-0.15, -0.1) is 11.6 Å². The van der Waals surface area contributed by atoms with E-state index in [1.165, 1.54) is 29.8 Å². The Bertz CT molecular complexity index is 276. The van der Waals surface area contributed by atoms with Crippen LogP contribution in [0.4, 0.5) is 0 Å². The van der Waals surface area contributed by atoms with E-state index < -0.39 is 0 Å². The van der Waals surface area contributed by atoms with E-state index in [-0.39, 0.29) is 0 Å². The lowest BCUT2D eigenvalue weighted by Crippen LogP contribution is -1.92. The van der Waals surface area contributed by atoms with E-state index in [1.807, 2.05) is 0 Å². The van der Waals surface area contributed by atoms with Gasteiger partial charge in [0.05, 0.1) is 5.69 Å². The van der Waals surface area contributed by atoms with E-state index in [9.17, 15) is 0 Å². The second-order valence-electron chi connectivity index (χ2n) is 3.43. The Hall–Kier alpha value is -0.500. The van der Waals surface area contributed by atoms with Crippen molar-refractivity contribution in [3.63, 3.8) is 0 Å². The molecule has 2 nitrogen and oxygen atoms in total. The first-order valence-electron chi connectivity index (χ1n) is 4.42. The molecule has 1 saturated carbocycles. The van der Waals surface area contributed by atoms with Crippen LogP contribution < -0.4 is 0 Å². The summed E-state index contributed by atoms with van der Waals surface area (Å²) >= 11 is 5.72. The van der Waals surface area contributed by atoms with Crippen LogP contribution in [0.3, 0.4) is 0 Å². The van der Waals surface area contributed by atoms with Gasteiger partial charge in [-0.25, -0.2) is 0 Å². The van der Waals surface area contributed by atoms with Gasteiger partial charge in [-0.3, -0.25) is 5.10 Å². The van der Waals surface area contributed by atoms with Crippen LogP contribution in [0, 0.1) is 6.92 Å². The molecular formula is C9H13ClN2. The molecule has 0 atom stereocenters. The average molecular weight is 185 g/mol.